The molecule has 2 aliphatic heterocycles. The van der Waals surface area contributed by atoms with E-state index in [1.807, 2.05) is 35.0 Å². The Hall–Kier alpha value is -2.57. The Morgan fingerprint density at radius 3 is 2.83 bits per heavy atom. The van der Waals surface area contributed by atoms with E-state index >= 15 is 0 Å². The highest BCUT2D eigenvalue weighted by molar-refractivity contribution is 6.05. The molecule has 2 aliphatic rings. The van der Waals surface area contributed by atoms with Gasteiger partial charge < -0.3 is 14.5 Å². The summed E-state index contributed by atoms with van der Waals surface area (Å²) in [5, 5.41) is 2.77. The molecule has 0 saturated carbocycles. The summed E-state index contributed by atoms with van der Waals surface area (Å²) in [5.74, 6) is 1.70. The SMILES string of the molecule is CCCCCCN(C)C(=O)CCCCCOc1ccc2c(c1)CN1CC(=O)NC1=N2. The summed E-state index contributed by atoms with van der Waals surface area (Å²) in [6, 6.07) is 5.87. The molecule has 1 saturated heterocycles. The van der Waals surface area contributed by atoms with E-state index in [4.69, 9.17) is 4.74 Å². The molecule has 1 aromatic rings. The summed E-state index contributed by atoms with van der Waals surface area (Å²) in [5.41, 5.74) is 1.95. The second-order valence-electron chi connectivity index (χ2n) is 8.17. The zero-order chi connectivity index (χ0) is 21.3. The lowest BCUT2D eigenvalue weighted by atomic mass is 10.1. The molecule has 1 aromatic carbocycles. The molecule has 0 unspecified atom stereocenters. The molecular weight excluding hydrogens is 380 g/mol. The third-order valence-electron chi connectivity index (χ3n) is 5.60. The van der Waals surface area contributed by atoms with E-state index in [-0.39, 0.29) is 11.8 Å². The van der Waals surface area contributed by atoms with Gasteiger partial charge in [0.1, 0.15) is 12.3 Å². The predicted octanol–water partition coefficient (Wildman–Crippen LogP) is 3.60. The number of carbonyl (C=O) groups is 2. The molecule has 7 heteroatoms. The fourth-order valence-electron chi connectivity index (χ4n) is 3.76. The maximum absolute atomic E-state index is 12.2. The summed E-state index contributed by atoms with van der Waals surface area (Å²) < 4.78 is 5.89. The number of fused-ring (bicyclic) bond motifs is 2. The maximum Gasteiger partial charge on any atom is 0.246 e. The lowest BCUT2D eigenvalue weighted by molar-refractivity contribution is -0.130. The number of nitrogens with one attached hydrogen (secondary N) is 1. The van der Waals surface area contributed by atoms with Crippen LogP contribution in [0.25, 0.3) is 0 Å². The highest BCUT2D eigenvalue weighted by Crippen LogP contribution is 2.30. The lowest BCUT2D eigenvalue weighted by Gasteiger charge is -2.23. The van der Waals surface area contributed by atoms with Crippen molar-refractivity contribution in [2.45, 2.75) is 64.8 Å². The molecule has 2 heterocycles. The van der Waals surface area contributed by atoms with Gasteiger partial charge in [-0.1, -0.05) is 26.2 Å². The first-order chi connectivity index (χ1) is 14.6. The van der Waals surface area contributed by atoms with E-state index in [9.17, 15) is 9.59 Å². The van der Waals surface area contributed by atoms with Crippen LogP contribution in [0.2, 0.25) is 0 Å². The molecular formula is C23H34N4O3. The third kappa shape index (κ3) is 6.21. The molecule has 0 aliphatic carbocycles. The van der Waals surface area contributed by atoms with Crippen molar-refractivity contribution < 1.29 is 14.3 Å². The molecule has 0 bridgehead atoms. The topological polar surface area (TPSA) is 74.2 Å². The Bertz CT molecular complexity index is 778. The summed E-state index contributed by atoms with van der Waals surface area (Å²) >= 11 is 0. The van der Waals surface area contributed by atoms with Crippen molar-refractivity contribution in [1.29, 1.82) is 0 Å². The number of rotatable bonds is 12. The summed E-state index contributed by atoms with van der Waals surface area (Å²) in [6.07, 6.45) is 8.20. The average Bonchev–Trinajstić information content (AvgIpc) is 3.10. The molecule has 3 rings (SSSR count). The van der Waals surface area contributed by atoms with Gasteiger partial charge in [0.05, 0.1) is 12.3 Å². The number of hydrogen-bond donors (Lipinski definition) is 1. The van der Waals surface area contributed by atoms with Crippen LogP contribution >= 0.6 is 0 Å². The van der Waals surface area contributed by atoms with Crippen molar-refractivity contribution in [1.82, 2.24) is 15.1 Å². The number of guanidine groups is 1. The zero-order valence-electron chi connectivity index (χ0n) is 18.3. The number of carbonyl (C=O) groups excluding carboxylic acids is 2. The van der Waals surface area contributed by atoms with Gasteiger partial charge in [0.2, 0.25) is 17.8 Å². The third-order valence-corrected chi connectivity index (χ3v) is 5.60. The van der Waals surface area contributed by atoms with Crippen LogP contribution < -0.4 is 10.1 Å². The number of nitrogens with zero attached hydrogens (tertiary/aromatic N) is 3. The number of amides is 2. The normalized spacial score (nSPS) is 14.7. The Kier molecular flexibility index (Phi) is 8.11. The van der Waals surface area contributed by atoms with Gasteiger partial charge >= 0.3 is 0 Å². The number of benzene rings is 1. The minimum Gasteiger partial charge on any atom is -0.494 e. The van der Waals surface area contributed by atoms with Crippen LogP contribution in [-0.2, 0) is 16.1 Å². The van der Waals surface area contributed by atoms with Gasteiger partial charge in [-0.2, -0.15) is 0 Å². The highest BCUT2D eigenvalue weighted by atomic mass is 16.5. The van der Waals surface area contributed by atoms with Crippen LogP contribution in [-0.4, -0.2) is 54.3 Å². The average molecular weight is 415 g/mol. The largest absolute Gasteiger partial charge is 0.494 e. The maximum atomic E-state index is 12.2. The first kappa shape index (κ1) is 22.1. The summed E-state index contributed by atoms with van der Waals surface area (Å²) in [6.45, 7) is 4.72. The number of aliphatic imine (C=N–C) groups is 1. The van der Waals surface area contributed by atoms with E-state index < -0.39 is 0 Å². The Morgan fingerprint density at radius 2 is 2.00 bits per heavy atom. The van der Waals surface area contributed by atoms with Crippen LogP contribution in [0, 0.1) is 0 Å². The van der Waals surface area contributed by atoms with Crippen molar-refractivity contribution in [3.8, 4) is 5.75 Å². The van der Waals surface area contributed by atoms with Gasteiger partial charge in [0, 0.05) is 32.1 Å². The van der Waals surface area contributed by atoms with E-state index in [0.717, 1.165) is 49.2 Å². The quantitative estimate of drug-likeness (QED) is 0.531. The molecule has 1 N–H and O–H groups in total. The lowest BCUT2D eigenvalue weighted by Crippen LogP contribution is -2.31. The predicted molar refractivity (Wildman–Crippen MR) is 118 cm³/mol. The molecule has 7 nitrogen and oxygen atoms in total. The van der Waals surface area contributed by atoms with Crippen molar-refractivity contribution in [3.05, 3.63) is 23.8 Å². The smallest absolute Gasteiger partial charge is 0.246 e. The van der Waals surface area contributed by atoms with Gasteiger partial charge in [-0.15, -0.1) is 0 Å². The molecule has 0 radical (unpaired) electrons. The molecule has 1 fully saturated rings. The minimum atomic E-state index is -0.0146. The van der Waals surface area contributed by atoms with E-state index in [2.05, 4.69) is 17.2 Å². The number of unbranched alkanes of at least 4 members (excludes halogenated alkanes) is 5. The fourth-order valence-corrected chi connectivity index (χ4v) is 3.76. The van der Waals surface area contributed by atoms with Gasteiger partial charge in [-0.3, -0.25) is 14.9 Å². The molecule has 0 aromatic heterocycles. The Balaban J connectivity index is 1.31. The van der Waals surface area contributed by atoms with Crippen LogP contribution in [0.1, 0.15) is 63.9 Å². The molecule has 2 amide bonds. The minimum absolute atomic E-state index is 0.0146. The first-order valence-corrected chi connectivity index (χ1v) is 11.2. The molecule has 164 valence electrons. The molecule has 30 heavy (non-hydrogen) atoms. The fraction of sp³-hybridized carbons (Fsp3) is 0.609. The van der Waals surface area contributed by atoms with E-state index in [1.54, 1.807) is 0 Å². The number of ether oxygens (including phenoxy) is 1. The summed E-state index contributed by atoms with van der Waals surface area (Å²) in [4.78, 5) is 32.0. The van der Waals surface area contributed by atoms with Crippen molar-refractivity contribution >= 4 is 23.5 Å². The van der Waals surface area contributed by atoms with Crippen molar-refractivity contribution in [2.24, 2.45) is 4.99 Å². The monoisotopic (exact) mass is 414 g/mol. The molecule has 0 atom stereocenters. The first-order valence-electron chi connectivity index (χ1n) is 11.2. The second kappa shape index (κ2) is 11.0. The van der Waals surface area contributed by atoms with Gasteiger partial charge in [-0.25, -0.2) is 4.99 Å². The Labute approximate surface area is 179 Å². The summed E-state index contributed by atoms with van der Waals surface area (Å²) in [7, 11) is 1.91. The number of hydrogen-bond acceptors (Lipinski definition) is 5. The van der Waals surface area contributed by atoms with Crippen LogP contribution in [0.3, 0.4) is 0 Å². The Morgan fingerprint density at radius 1 is 1.17 bits per heavy atom. The highest BCUT2D eigenvalue weighted by Gasteiger charge is 2.29. The van der Waals surface area contributed by atoms with Crippen LogP contribution in [0.15, 0.2) is 23.2 Å². The zero-order valence-corrected chi connectivity index (χ0v) is 18.3. The van der Waals surface area contributed by atoms with Crippen molar-refractivity contribution in [3.63, 3.8) is 0 Å². The van der Waals surface area contributed by atoms with Crippen LogP contribution in [0.4, 0.5) is 5.69 Å². The molecule has 0 spiro atoms. The van der Waals surface area contributed by atoms with Crippen LogP contribution in [0.5, 0.6) is 5.75 Å². The standard InChI is InChI=1S/C23H34N4O3/c1-3-4-5-8-13-26(2)22(29)10-7-6-9-14-30-19-11-12-20-18(15-19)16-27-17-21(28)25-23(27)24-20/h11-12,15H,3-10,13-14,16-17H2,1-2H3,(H,24,25,28). The van der Waals surface area contributed by atoms with Gasteiger partial charge in [0.25, 0.3) is 0 Å². The van der Waals surface area contributed by atoms with Gasteiger partial charge in [0.15, 0.2) is 0 Å². The van der Waals surface area contributed by atoms with Crippen molar-refractivity contribution in [2.75, 3.05) is 26.7 Å². The van der Waals surface area contributed by atoms with E-state index in [1.165, 1.54) is 19.3 Å². The van der Waals surface area contributed by atoms with E-state index in [0.29, 0.717) is 32.1 Å². The van der Waals surface area contributed by atoms with Gasteiger partial charge in [-0.05, 0) is 43.9 Å². The second-order valence-corrected chi connectivity index (χ2v) is 8.17.